The van der Waals surface area contributed by atoms with Crippen molar-refractivity contribution in [3.8, 4) is 11.1 Å². The van der Waals surface area contributed by atoms with Gasteiger partial charge in [0.25, 0.3) is 0 Å². The molecule has 154 valence electrons. The third kappa shape index (κ3) is 6.63. The van der Waals surface area contributed by atoms with Gasteiger partial charge in [-0.15, -0.1) is 12.4 Å². The molecule has 0 aliphatic heterocycles. The Balaban J connectivity index is 0.00000300. The largest absolute Gasteiger partial charge is 0.351 e. The number of halogens is 1. The fraction of sp³-hybridized carbons (Fsp3) is 0.273. The zero-order valence-electron chi connectivity index (χ0n) is 16.5. The molecule has 1 atom stereocenters. The molecule has 0 radical (unpaired) electrons. The smallest absolute Gasteiger partial charge is 0.237 e. The van der Waals surface area contributed by atoms with E-state index in [1.807, 2.05) is 41.5 Å². The van der Waals surface area contributed by atoms with E-state index in [-0.39, 0.29) is 18.3 Å². The van der Waals surface area contributed by atoms with Crippen LogP contribution in [0.5, 0.6) is 0 Å². The highest BCUT2D eigenvalue weighted by molar-refractivity contribution is 7.98. The SMILES string of the molecule is CSCC[C@H](N)C(=O)NCc1ccccc1-c1ccc(Cn2ccnc2)cc1.Cl. The molecular formula is C22H27ClN4OS. The van der Waals surface area contributed by atoms with Gasteiger partial charge in [-0.3, -0.25) is 4.79 Å². The first-order chi connectivity index (χ1) is 13.7. The van der Waals surface area contributed by atoms with Gasteiger partial charge in [-0.2, -0.15) is 11.8 Å². The number of nitrogens with one attached hydrogen (secondary N) is 1. The van der Waals surface area contributed by atoms with Crippen molar-refractivity contribution in [1.29, 1.82) is 0 Å². The molecule has 7 heteroatoms. The van der Waals surface area contributed by atoms with Crippen LogP contribution in [0.4, 0.5) is 0 Å². The van der Waals surface area contributed by atoms with Crippen LogP contribution in [-0.4, -0.2) is 33.5 Å². The first-order valence-corrected chi connectivity index (χ1v) is 10.7. The average molecular weight is 431 g/mol. The molecular weight excluding hydrogens is 404 g/mol. The second-order valence-corrected chi connectivity index (χ2v) is 7.68. The van der Waals surface area contributed by atoms with E-state index in [1.54, 1.807) is 18.0 Å². The number of carbonyl (C=O) groups is 1. The summed E-state index contributed by atoms with van der Waals surface area (Å²) in [5.41, 5.74) is 10.5. The first kappa shape index (κ1) is 23.0. The maximum absolute atomic E-state index is 12.2. The van der Waals surface area contributed by atoms with Crippen molar-refractivity contribution in [3.05, 3.63) is 78.4 Å². The summed E-state index contributed by atoms with van der Waals surface area (Å²) in [5, 5.41) is 2.98. The number of amides is 1. The second-order valence-electron chi connectivity index (χ2n) is 6.69. The Morgan fingerprint density at radius 2 is 1.97 bits per heavy atom. The van der Waals surface area contributed by atoms with Gasteiger partial charge in [-0.05, 0) is 40.7 Å². The van der Waals surface area contributed by atoms with Crippen molar-refractivity contribution >= 4 is 30.1 Å². The van der Waals surface area contributed by atoms with E-state index in [0.29, 0.717) is 13.0 Å². The molecule has 1 heterocycles. The zero-order chi connectivity index (χ0) is 19.8. The second kappa shape index (κ2) is 11.7. The molecule has 0 aliphatic rings. The average Bonchev–Trinajstić information content (AvgIpc) is 3.24. The zero-order valence-corrected chi connectivity index (χ0v) is 18.1. The number of aromatic nitrogens is 2. The topological polar surface area (TPSA) is 72.9 Å². The molecule has 1 amide bonds. The molecule has 0 spiro atoms. The number of nitrogens with zero attached hydrogens (tertiary/aromatic N) is 2. The van der Waals surface area contributed by atoms with Crippen molar-refractivity contribution in [1.82, 2.24) is 14.9 Å². The minimum absolute atomic E-state index is 0. The number of rotatable bonds is 9. The van der Waals surface area contributed by atoms with E-state index in [2.05, 4.69) is 40.6 Å². The van der Waals surface area contributed by atoms with Gasteiger partial charge in [-0.25, -0.2) is 4.98 Å². The molecule has 29 heavy (non-hydrogen) atoms. The van der Waals surface area contributed by atoms with Crippen LogP contribution in [0.1, 0.15) is 17.5 Å². The van der Waals surface area contributed by atoms with Crippen LogP contribution in [0.3, 0.4) is 0 Å². The van der Waals surface area contributed by atoms with Crippen LogP contribution >= 0.6 is 24.2 Å². The van der Waals surface area contributed by atoms with E-state index < -0.39 is 6.04 Å². The highest BCUT2D eigenvalue weighted by atomic mass is 35.5. The van der Waals surface area contributed by atoms with E-state index in [1.165, 1.54) is 5.56 Å². The molecule has 1 aromatic heterocycles. The Kier molecular flexibility index (Phi) is 9.25. The standard InChI is InChI=1S/C22H26N4OS.ClH/c1-28-13-10-21(23)22(27)25-14-19-4-2-3-5-20(19)18-8-6-17(7-9-18)15-26-12-11-24-16-26;/h2-9,11-12,16,21H,10,13-15,23H2,1H3,(H,25,27);1H/t21-;/m0./s1. The first-order valence-electron chi connectivity index (χ1n) is 9.32. The molecule has 3 N–H and O–H groups in total. The maximum Gasteiger partial charge on any atom is 0.237 e. The molecule has 0 fully saturated rings. The van der Waals surface area contributed by atoms with Gasteiger partial charge in [0, 0.05) is 25.5 Å². The molecule has 3 aromatic rings. The van der Waals surface area contributed by atoms with Crippen molar-refractivity contribution < 1.29 is 4.79 Å². The summed E-state index contributed by atoms with van der Waals surface area (Å²) < 4.78 is 2.04. The van der Waals surface area contributed by atoms with Gasteiger partial charge in [0.1, 0.15) is 0 Å². The number of hydrogen-bond donors (Lipinski definition) is 2. The number of imidazole rings is 1. The summed E-state index contributed by atoms with van der Waals surface area (Å²) in [7, 11) is 0. The van der Waals surface area contributed by atoms with Crippen molar-refractivity contribution in [2.24, 2.45) is 5.73 Å². The van der Waals surface area contributed by atoms with Crippen molar-refractivity contribution in [3.63, 3.8) is 0 Å². The van der Waals surface area contributed by atoms with E-state index >= 15 is 0 Å². The van der Waals surface area contributed by atoms with Crippen LogP contribution in [0, 0.1) is 0 Å². The Labute approximate surface area is 182 Å². The number of carbonyl (C=O) groups excluding carboxylic acids is 1. The highest BCUT2D eigenvalue weighted by Crippen LogP contribution is 2.24. The summed E-state index contributed by atoms with van der Waals surface area (Å²) in [6, 6.07) is 16.2. The molecule has 0 saturated heterocycles. The van der Waals surface area contributed by atoms with Crippen molar-refractivity contribution in [2.45, 2.75) is 25.6 Å². The lowest BCUT2D eigenvalue weighted by Crippen LogP contribution is -2.40. The number of hydrogen-bond acceptors (Lipinski definition) is 4. The normalized spacial score (nSPS) is 11.5. The van der Waals surface area contributed by atoms with Crippen LogP contribution in [0.25, 0.3) is 11.1 Å². The molecule has 2 aromatic carbocycles. The summed E-state index contributed by atoms with van der Waals surface area (Å²) in [6.07, 6.45) is 8.26. The van der Waals surface area contributed by atoms with Gasteiger partial charge in [0.15, 0.2) is 0 Å². The predicted molar refractivity (Wildman–Crippen MR) is 123 cm³/mol. The number of benzene rings is 2. The number of thioether (sulfide) groups is 1. The Morgan fingerprint density at radius 1 is 1.21 bits per heavy atom. The van der Waals surface area contributed by atoms with Gasteiger partial charge < -0.3 is 15.6 Å². The van der Waals surface area contributed by atoms with Crippen LogP contribution in [0.15, 0.2) is 67.3 Å². The van der Waals surface area contributed by atoms with E-state index in [0.717, 1.165) is 29.0 Å². The van der Waals surface area contributed by atoms with E-state index in [4.69, 9.17) is 5.73 Å². The van der Waals surface area contributed by atoms with Crippen LogP contribution in [0.2, 0.25) is 0 Å². The lowest BCUT2D eigenvalue weighted by atomic mass is 9.98. The summed E-state index contributed by atoms with van der Waals surface area (Å²) in [4.78, 5) is 16.3. The Hall–Kier alpha value is -2.28. The van der Waals surface area contributed by atoms with Gasteiger partial charge in [0.2, 0.25) is 5.91 Å². The summed E-state index contributed by atoms with van der Waals surface area (Å²) in [5.74, 6) is 0.788. The van der Waals surface area contributed by atoms with Gasteiger partial charge in [0.05, 0.1) is 12.4 Å². The predicted octanol–water partition coefficient (Wildman–Crippen LogP) is 3.72. The molecule has 0 unspecified atom stereocenters. The van der Waals surface area contributed by atoms with E-state index in [9.17, 15) is 4.79 Å². The summed E-state index contributed by atoms with van der Waals surface area (Å²) >= 11 is 1.70. The fourth-order valence-electron chi connectivity index (χ4n) is 3.03. The minimum Gasteiger partial charge on any atom is -0.351 e. The lowest BCUT2D eigenvalue weighted by molar-refractivity contribution is -0.122. The lowest BCUT2D eigenvalue weighted by Gasteiger charge is -2.14. The third-order valence-corrected chi connectivity index (χ3v) is 5.27. The highest BCUT2D eigenvalue weighted by Gasteiger charge is 2.13. The molecule has 0 aliphatic carbocycles. The number of nitrogens with two attached hydrogens (primary N) is 1. The minimum atomic E-state index is -0.456. The molecule has 0 saturated carbocycles. The molecule has 3 rings (SSSR count). The quantitative estimate of drug-likeness (QED) is 0.542. The monoisotopic (exact) mass is 430 g/mol. The summed E-state index contributed by atoms with van der Waals surface area (Å²) in [6.45, 7) is 1.27. The van der Waals surface area contributed by atoms with Crippen LogP contribution < -0.4 is 11.1 Å². The fourth-order valence-corrected chi connectivity index (χ4v) is 3.52. The van der Waals surface area contributed by atoms with Gasteiger partial charge >= 0.3 is 0 Å². The van der Waals surface area contributed by atoms with Gasteiger partial charge in [-0.1, -0.05) is 48.5 Å². The Bertz CT molecular complexity index is 884. The van der Waals surface area contributed by atoms with Crippen LogP contribution in [-0.2, 0) is 17.9 Å². The Morgan fingerprint density at radius 3 is 2.66 bits per heavy atom. The van der Waals surface area contributed by atoms with Crippen molar-refractivity contribution in [2.75, 3.05) is 12.0 Å². The maximum atomic E-state index is 12.2. The molecule has 5 nitrogen and oxygen atoms in total. The molecule has 0 bridgehead atoms. The third-order valence-electron chi connectivity index (χ3n) is 4.63.